The predicted octanol–water partition coefficient (Wildman–Crippen LogP) is 2.12. The third kappa shape index (κ3) is 6.67. The average molecular weight is 268 g/mol. The molecule has 0 aliphatic heterocycles. The summed E-state index contributed by atoms with van der Waals surface area (Å²) >= 11 is 5.00. The lowest BCUT2D eigenvalue weighted by atomic mass is 10.3. The maximum atomic E-state index is 11.9. The molecule has 0 saturated carbocycles. The fourth-order valence-electron chi connectivity index (χ4n) is 0.316. The first kappa shape index (κ1) is 9.78. The van der Waals surface area contributed by atoms with E-state index in [4.69, 9.17) is 5.11 Å². The molecule has 0 spiro atoms. The van der Waals surface area contributed by atoms with Crippen LogP contribution >= 0.6 is 31.9 Å². The summed E-state index contributed by atoms with van der Waals surface area (Å²) in [6.45, 7) is -0.277. The number of halogens is 4. The minimum absolute atomic E-state index is 0.277. The number of aliphatic hydroxyl groups excluding tert-OH is 1. The van der Waals surface area contributed by atoms with Crippen LogP contribution in [0.3, 0.4) is 0 Å². The molecule has 0 bridgehead atoms. The normalized spacial score (nSPS) is 15.7. The summed E-state index contributed by atoms with van der Waals surface area (Å²) < 4.78 is 23.9. The van der Waals surface area contributed by atoms with E-state index in [1.54, 1.807) is 0 Å². The molecule has 0 heterocycles. The van der Waals surface area contributed by atoms with Crippen LogP contribution in [0.15, 0.2) is 0 Å². The molecule has 0 aliphatic carbocycles. The summed E-state index contributed by atoms with van der Waals surface area (Å²) in [5.41, 5.74) is 0. The van der Waals surface area contributed by atoms with Crippen LogP contribution < -0.4 is 0 Å². The summed E-state index contributed by atoms with van der Waals surface area (Å²) in [6, 6.07) is 0. The maximum absolute atomic E-state index is 11.9. The third-order valence-electron chi connectivity index (χ3n) is 0.651. The Labute approximate surface area is 68.7 Å². The number of hydrogen-bond donors (Lipinski definition) is 1. The molecule has 0 aromatic heterocycles. The molecule has 1 N–H and O–H groups in total. The van der Waals surface area contributed by atoms with Crippen molar-refractivity contribution in [3.8, 4) is 0 Å². The van der Waals surface area contributed by atoms with Crippen LogP contribution in [0.1, 0.15) is 6.42 Å². The second kappa shape index (κ2) is 3.83. The van der Waals surface area contributed by atoms with Crippen molar-refractivity contribution in [3.63, 3.8) is 0 Å². The molecular weight excluding hydrogens is 262 g/mol. The summed E-state index contributed by atoms with van der Waals surface area (Å²) in [6.07, 6.45) is -0.399. The van der Waals surface area contributed by atoms with Gasteiger partial charge in [-0.15, -0.1) is 0 Å². The number of aliphatic hydroxyl groups is 1. The van der Waals surface area contributed by atoms with E-state index in [0.29, 0.717) is 0 Å². The van der Waals surface area contributed by atoms with Gasteiger partial charge in [0.05, 0.1) is 6.61 Å². The van der Waals surface area contributed by atoms with Gasteiger partial charge in [-0.3, -0.25) is 0 Å². The molecule has 5 heteroatoms. The van der Waals surface area contributed by atoms with Gasteiger partial charge in [0.1, 0.15) is 0 Å². The second-order valence-corrected chi connectivity index (χ2v) is 4.05. The summed E-state index contributed by atoms with van der Waals surface area (Å²) in [5, 5.41) is 8.30. The van der Waals surface area contributed by atoms with Crippen molar-refractivity contribution in [1.82, 2.24) is 0 Å². The summed E-state index contributed by atoms with van der Waals surface area (Å²) in [4.78, 5) is -3.41. The highest BCUT2D eigenvalue weighted by Gasteiger charge is 2.26. The van der Waals surface area contributed by atoms with E-state index in [1.807, 2.05) is 0 Å². The van der Waals surface area contributed by atoms with Crippen molar-refractivity contribution in [3.05, 3.63) is 0 Å². The smallest absolute Gasteiger partial charge is 0.302 e. The molecule has 0 saturated heterocycles. The molecule has 0 radical (unpaired) electrons. The molecule has 56 valence electrons. The average Bonchev–Trinajstić information content (AvgIpc) is 1.62. The van der Waals surface area contributed by atoms with E-state index >= 15 is 0 Å². The van der Waals surface area contributed by atoms with Gasteiger partial charge in [0.15, 0.2) is 0 Å². The van der Waals surface area contributed by atoms with Crippen LogP contribution in [-0.2, 0) is 0 Å². The summed E-state index contributed by atoms with van der Waals surface area (Å²) in [7, 11) is 0. The van der Waals surface area contributed by atoms with Gasteiger partial charge in [-0.25, -0.2) is 0 Å². The van der Waals surface area contributed by atoms with Crippen LogP contribution in [0.4, 0.5) is 8.78 Å². The van der Waals surface area contributed by atoms with Gasteiger partial charge in [-0.1, -0.05) is 15.9 Å². The molecule has 0 aliphatic rings. The second-order valence-electron chi connectivity index (χ2n) is 1.60. The van der Waals surface area contributed by atoms with E-state index in [-0.39, 0.29) is 6.61 Å². The Morgan fingerprint density at radius 1 is 1.56 bits per heavy atom. The first-order chi connectivity index (χ1) is 3.95. The lowest BCUT2D eigenvalue weighted by molar-refractivity contribution is 0.0971. The first-order valence-electron chi connectivity index (χ1n) is 2.27. The fraction of sp³-hybridized carbons (Fsp3) is 1.00. The summed E-state index contributed by atoms with van der Waals surface area (Å²) in [5.74, 6) is 0. The minimum atomic E-state index is -2.87. The highest BCUT2D eigenvalue weighted by Crippen LogP contribution is 2.29. The Morgan fingerprint density at radius 3 is 2.11 bits per heavy atom. The Bertz CT molecular complexity index is 83.1. The molecule has 1 nitrogen and oxygen atoms in total. The monoisotopic (exact) mass is 266 g/mol. The highest BCUT2D eigenvalue weighted by molar-refractivity contribution is 9.10. The number of rotatable bonds is 3. The van der Waals surface area contributed by atoms with Gasteiger partial charge < -0.3 is 5.11 Å². The molecule has 0 amide bonds. The van der Waals surface area contributed by atoms with Crippen LogP contribution in [0.25, 0.3) is 0 Å². The van der Waals surface area contributed by atoms with Crippen molar-refractivity contribution in [2.75, 3.05) is 6.61 Å². The topological polar surface area (TPSA) is 20.2 Å². The van der Waals surface area contributed by atoms with Crippen LogP contribution in [0, 0.1) is 0 Å². The minimum Gasteiger partial charge on any atom is -0.395 e. The Kier molecular flexibility index (Phi) is 4.16. The van der Waals surface area contributed by atoms with E-state index in [9.17, 15) is 8.78 Å². The van der Waals surface area contributed by atoms with Gasteiger partial charge in [0.25, 0.3) is 0 Å². The van der Waals surface area contributed by atoms with E-state index in [0.717, 1.165) is 0 Å². The molecule has 0 aromatic carbocycles. The van der Waals surface area contributed by atoms with Gasteiger partial charge in [-0.2, -0.15) is 8.78 Å². The third-order valence-corrected chi connectivity index (χ3v) is 1.59. The lowest BCUT2D eigenvalue weighted by Crippen LogP contribution is -2.15. The SMILES string of the molecule is OCC(Br)CC(F)(F)Br. The number of hydrogen-bond acceptors (Lipinski definition) is 1. The van der Waals surface area contributed by atoms with Crippen molar-refractivity contribution >= 4 is 31.9 Å². The van der Waals surface area contributed by atoms with E-state index in [2.05, 4.69) is 31.9 Å². The Balaban J connectivity index is 3.47. The molecule has 1 atom stereocenters. The Hall–Kier alpha value is 0.780. The van der Waals surface area contributed by atoms with Gasteiger partial charge >= 0.3 is 4.83 Å². The van der Waals surface area contributed by atoms with Crippen LogP contribution in [-0.4, -0.2) is 21.4 Å². The van der Waals surface area contributed by atoms with Gasteiger partial charge in [0.2, 0.25) is 0 Å². The molecule has 0 aromatic rings. The number of alkyl halides is 4. The van der Waals surface area contributed by atoms with Crippen molar-refractivity contribution in [2.45, 2.75) is 16.1 Å². The van der Waals surface area contributed by atoms with Gasteiger partial charge in [0, 0.05) is 11.2 Å². The van der Waals surface area contributed by atoms with Crippen molar-refractivity contribution in [2.24, 2.45) is 0 Å². The largest absolute Gasteiger partial charge is 0.395 e. The Morgan fingerprint density at radius 2 is 2.00 bits per heavy atom. The van der Waals surface area contributed by atoms with E-state index < -0.39 is 16.1 Å². The quantitative estimate of drug-likeness (QED) is 0.777. The lowest BCUT2D eigenvalue weighted by Gasteiger charge is -2.10. The molecule has 0 fully saturated rings. The van der Waals surface area contributed by atoms with Gasteiger partial charge in [-0.05, 0) is 15.9 Å². The van der Waals surface area contributed by atoms with Crippen molar-refractivity contribution < 1.29 is 13.9 Å². The fourth-order valence-corrected chi connectivity index (χ4v) is 1.55. The molecule has 0 rings (SSSR count). The van der Waals surface area contributed by atoms with Crippen LogP contribution in [0.5, 0.6) is 0 Å². The first-order valence-corrected chi connectivity index (χ1v) is 3.98. The van der Waals surface area contributed by atoms with E-state index in [1.165, 1.54) is 0 Å². The molecule has 9 heavy (non-hydrogen) atoms. The maximum Gasteiger partial charge on any atom is 0.302 e. The molecular formula is C4H6Br2F2O. The van der Waals surface area contributed by atoms with Crippen LogP contribution in [0.2, 0.25) is 0 Å². The zero-order valence-electron chi connectivity index (χ0n) is 4.45. The van der Waals surface area contributed by atoms with Crippen molar-refractivity contribution in [1.29, 1.82) is 0 Å². The molecule has 1 unspecified atom stereocenters. The predicted molar refractivity (Wildman–Crippen MR) is 38.3 cm³/mol. The zero-order chi connectivity index (χ0) is 7.49. The highest BCUT2D eigenvalue weighted by atomic mass is 79.9. The standard InChI is InChI=1S/C4H6Br2F2O/c5-3(2-9)1-4(6,7)8/h3,9H,1-2H2. The zero-order valence-corrected chi connectivity index (χ0v) is 7.62.